The van der Waals surface area contributed by atoms with Crippen LogP contribution in [-0.2, 0) is 30.7 Å². The van der Waals surface area contributed by atoms with E-state index >= 15 is 0 Å². The first-order valence-electron chi connectivity index (χ1n) is 20.5. The minimum atomic E-state index is -0.565. The molecule has 2 aliphatic rings. The summed E-state index contributed by atoms with van der Waals surface area (Å²) in [7, 11) is 3.70. The van der Waals surface area contributed by atoms with Gasteiger partial charge in [0.05, 0.1) is 21.8 Å². The van der Waals surface area contributed by atoms with Crippen molar-refractivity contribution in [2.75, 3.05) is 14.1 Å². The van der Waals surface area contributed by atoms with Gasteiger partial charge >= 0.3 is 6.09 Å². The predicted molar refractivity (Wildman–Crippen MR) is 254 cm³/mol. The first-order valence-corrected chi connectivity index (χ1v) is 20.5. The minimum Gasteiger partial charge on any atom is -0.444 e. The van der Waals surface area contributed by atoms with Crippen LogP contribution in [0.4, 0.5) is 13.6 Å². The second kappa shape index (κ2) is 21.8. The zero-order valence-electron chi connectivity index (χ0n) is 35.4. The first-order chi connectivity index (χ1) is 29.2. The van der Waals surface area contributed by atoms with E-state index in [2.05, 4.69) is 29.0 Å². The molecule has 10 nitrogen and oxygen atoms in total. The second-order valence-electron chi connectivity index (χ2n) is 16.3. The quantitative estimate of drug-likeness (QED) is 0.173. The van der Waals surface area contributed by atoms with E-state index in [9.17, 15) is 23.2 Å². The van der Waals surface area contributed by atoms with Crippen LogP contribution in [0, 0.1) is 35.3 Å². The molecule has 0 bridgehead atoms. The smallest absolute Gasteiger partial charge is 0.410 e. The van der Waals surface area contributed by atoms with Gasteiger partial charge in [-0.3, -0.25) is 18.7 Å². The Bertz CT molecular complexity index is 2880. The van der Waals surface area contributed by atoms with Crippen LogP contribution in [0.15, 0.2) is 94.5 Å². The van der Waals surface area contributed by atoms with Gasteiger partial charge in [-0.25, -0.2) is 23.5 Å². The molecule has 0 radical (unpaired) electrons. The summed E-state index contributed by atoms with van der Waals surface area (Å²) in [6.07, 6.45) is 4.20. The standard InChI is InChI=1S/C27H28FN3O3.C22H20FN3O.2CH4.ClH/c1-27(2,3)34-26(33)30(4)21-11-13-24-29-23-17-19(9-8-18-6-5-7-20(28)16-18)10-12-22(23)25(32)31(24)15-14-21;1-24-18-8-10-21-25-20-14-16(6-5-15-3-2-4-17(23)13-15)7-9-19(20)22(27)26(21)12-11-18;;;/h5-7,10,12,16-17,21H,11,13-15H2,1-4H3;2-4,7,9,13-14,18,24H,8,10-12H2,1H3;2*1H4;1H. The van der Waals surface area contributed by atoms with Crippen LogP contribution in [0.3, 0.4) is 0 Å². The fourth-order valence-corrected chi connectivity index (χ4v) is 7.56. The third-order valence-corrected chi connectivity index (χ3v) is 10.9. The maximum Gasteiger partial charge on any atom is 0.410 e. The first kappa shape index (κ1) is 50.3. The fraction of sp³-hybridized carbons (Fsp3) is 0.353. The molecular formula is C51H57ClF2N6O4. The van der Waals surface area contributed by atoms with E-state index < -0.39 is 5.60 Å². The second-order valence-corrected chi connectivity index (χ2v) is 16.3. The molecule has 0 saturated carbocycles. The van der Waals surface area contributed by atoms with Gasteiger partial charge in [-0.15, -0.1) is 12.4 Å². The van der Waals surface area contributed by atoms with Crippen molar-refractivity contribution in [2.45, 2.75) is 105 Å². The summed E-state index contributed by atoms with van der Waals surface area (Å²) < 4.78 is 35.7. The van der Waals surface area contributed by atoms with Crippen LogP contribution in [-0.4, -0.2) is 61.9 Å². The van der Waals surface area contributed by atoms with Crippen LogP contribution in [0.2, 0.25) is 0 Å². The van der Waals surface area contributed by atoms with Gasteiger partial charge in [0.1, 0.15) is 28.9 Å². The Hall–Kier alpha value is -6.34. The van der Waals surface area contributed by atoms with Crippen LogP contribution < -0.4 is 16.4 Å². The van der Waals surface area contributed by atoms with Gasteiger partial charge in [0, 0.05) is 67.3 Å². The lowest BCUT2D eigenvalue weighted by molar-refractivity contribution is 0.0207. The summed E-state index contributed by atoms with van der Waals surface area (Å²) in [5.41, 5.74) is 3.25. The highest BCUT2D eigenvalue weighted by Gasteiger charge is 2.28. The van der Waals surface area contributed by atoms with E-state index in [4.69, 9.17) is 14.7 Å². The molecule has 0 saturated heterocycles. The van der Waals surface area contributed by atoms with E-state index in [1.54, 1.807) is 69.6 Å². The molecule has 13 heteroatoms. The molecular weight excluding hydrogens is 834 g/mol. The van der Waals surface area contributed by atoms with Gasteiger partial charge in [0.25, 0.3) is 11.1 Å². The number of ether oxygens (including phenoxy) is 1. The average Bonchev–Trinajstić information content (AvgIpc) is 3.58. The largest absolute Gasteiger partial charge is 0.444 e. The molecule has 64 heavy (non-hydrogen) atoms. The highest BCUT2D eigenvalue weighted by Crippen LogP contribution is 2.22. The van der Waals surface area contributed by atoms with Crippen molar-refractivity contribution in [2.24, 2.45) is 0 Å². The van der Waals surface area contributed by atoms with Crippen molar-refractivity contribution >= 4 is 40.3 Å². The maximum absolute atomic E-state index is 13.4. The van der Waals surface area contributed by atoms with Crippen molar-refractivity contribution in [3.05, 3.63) is 151 Å². The van der Waals surface area contributed by atoms with Gasteiger partial charge < -0.3 is 15.0 Å². The zero-order valence-corrected chi connectivity index (χ0v) is 36.2. The van der Waals surface area contributed by atoms with Crippen LogP contribution in [0.1, 0.15) is 95.2 Å². The third-order valence-electron chi connectivity index (χ3n) is 10.9. The Balaban J connectivity index is 0.000000274. The zero-order chi connectivity index (χ0) is 43.3. The number of carbonyl (C=O) groups excluding carboxylic acids is 1. The molecule has 1 N–H and O–H groups in total. The Morgan fingerprint density at radius 3 is 1.61 bits per heavy atom. The Morgan fingerprint density at radius 2 is 1.16 bits per heavy atom. The molecule has 8 rings (SSSR count). The van der Waals surface area contributed by atoms with Gasteiger partial charge in [-0.05, 0) is 126 Å². The molecule has 2 aliphatic heterocycles. The summed E-state index contributed by atoms with van der Waals surface area (Å²) in [6.45, 7) is 6.69. The number of fused-ring (bicyclic) bond motifs is 4. The van der Waals surface area contributed by atoms with Crippen molar-refractivity contribution in [1.29, 1.82) is 0 Å². The number of amides is 1. The topological polar surface area (TPSA) is 111 Å². The molecule has 2 unspecified atom stereocenters. The van der Waals surface area contributed by atoms with E-state index in [0.717, 1.165) is 30.7 Å². The van der Waals surface area contributed by atoms with Crippen LogP contribution >= 0.6 is 12.4 Å². The Kier molecular flexibility index (Phi) is 17.2. The van der Waals surface area contributed by atoms with E-state index in [0.29, 0.717) is 82.7 Å². The molecule has 4 heterocycles. The predicted octanol–water partition coefficient (Wildman–Crippen LogP) is 9.06. The Labute approximate surface area is 380 Å². The Morgan fingerprint density at radius 1 is 0.703 bits per heavy atom. The monoisotopic (exact) mass is 890 g/mol. The van der Waals surface area contributed by atoms with Crippen molar-refractivity contribution in [1.82, 2.24) is 29.3 Å². The molecule has 0 aliphatic carbocycles. The highest BCUT2D eigenvalue weighted by atomic mass is 35.5. The minimum absolute atomic E-state index is 0. The van der Waals surface area contributed by atoms with E-state index in [-0.39, 0.29) is 62.1 Å². The number of carbonyl (C=O) groups is 1. The molecule has 1 amide bonds. The van der Waals surface area contributed by atoms with Gasteiger partial charge in [-0.1, -0.05) is 50.7 Å². The normalized spacial score (nSPS) is 15.2. The maximum atomic E-state index is 13.4. The lowest BCUT2D eigenvalue weighted by atomic mass is 10.1. The number of aromatic nitrogens is 4. The number of rotatable bonds is 2. The SMILES string of the molecule is C.C.CN(C(=O)OC(C)(C)C)C1CCc2nc3cc(C#Cc4cccc(F)c4)ccc3c(=O)n2CC1.CNC1CCc2nc3cc(C#Cc4cccc(F)c4)ccc3c(=O)n2CC1.Cl. The average molecular weight is 892 g/mol. The van der Waals surface area contributed by atoms with E-state index in [1.165, 1.54) is 24.3 Å². The van der Waals surface area contributed by atoms with Gasteiger partial charge in [-0.2, -0.15) is 0 Å². The molecule has 0 spiro atoms. The molecule has 2 aromatic heterocycles. The van der Waals surface area contributed by atoms with E-state index in [1.807, 2.05) is 40.0 Å². The third kappa shape index (κ3) is 12.2. The van der Waals surface area contributed by atoms with Crippen LogP contribution in [0.5, 0.6) is 0 Å². The summed E-state index contributed by atoms with van der Waals surface area (Å²) in [4.78, 5) is 49.7. The summed E-state index contributed by atoms with van der Waals surface area (Å²) in [5.74, 6) is 12.9. The number of hydrogen-bond donors (Lipinski definition) is 1. The summed E-state index contributed by atoms with van der Waals surface area (Å²) >= 11 is 0. The summed E-state index contributed by atoms with van der Waals surface area (Å²) in [6, 6.07) is 23.4. The molecule has 4 aromatic carbocycles. The number of nitrogens with zero attached hydrogens (tertiary/aromatic N) is 5. The van der Waals surface area contributed by atoms with Crippen molar-refractivity contribution in [3.63, 3.8) is 0 Å². The lowest BCUT2D eigenvalue weighted by Crippen LogP contribution is -2.41. The molecule has 336 valence electrons. The number of benzene rings is 4. The van der Waals surface area contributed by atoms with Crippen molar-refractivity contribution in [3.8, 4) is 23.7 Å². The molecule has 2 atom stereocenters. The van der Waals surface area contributed by atoms with Crippen molar-refractivity contribution < 1.29 is 18.3 Å². The highest BCUT2D eigenvalue weighted by molar-refractivity contribution is 5.85. The number of aryl methyl sites for hydroxylation is 2. The van der Waals surface area contributed by atoms with Gasteiger partial charge in [0.15, 0.2) is 0 Å². The molecule has 6 aromatic rings. The number of nitrogens with one attached hydrogen (secondary N) is 1. The summed E-state index contributed by atoms with van der Waals surface area (Å²) in [5, 5.41) is 4.43. The fourth-order valence-electron chi connectivity index (χ4n) is 7.56. The lowest BCUT2D eigenvalue weighted by Gasteiger charge is -2.30. The number of halogens is 3. The molecule has 0 fully saturated rings. The number of hydrogen-bond acceptors (Lipinski definition) is 7. The van der Waals surface area contributed by atoms with Crippen LogP contribution in [0.25, 0.3) is 21.8 Å². The van der Waals surface area contributed by atoms with Gasteiger partial charge in [0.2, 0.25) is 0 Å².